The molecule has 1 heterocycles. The highest BCUT2D eigenvalue weighted by atomic mass is 28.5. The molecule has 7 aliphatic rings. The molecular formula is C60H117N3Si3. The zero-order valence-corrected chi connectivity index (χ0v) is 50.6. The first kappa shape index (κ1) is 54.3. The Morgan fingerprint density at radius 2 is 0.379 bits per heavy atom. The summed E-state index contributed by atoms with van der Waals surface area (Å²) < 4.78 is 17.4. The van der Waals surface area contributed by atoms with E-state index in [0.717, 1.165) is 140 Å². The summed E-state index contributed by atoms with van der Waals surface area (Å²) in [5.74, 6) is 14.6. The Bertz CT molecular complexity index is 1240. The van der Waals surface area contributed by atoms with Gasteiger partial charge in [-0.05, 0) is 217 Å². The van der Waals surface area contributed by atoms with Gasteiger partial charge in [0.2, 0.25) is 0 Å². The van der Waals surface area contributed by atoms with E-state index in [1.807, 2.05) is 0 Å². The maximum atomic E-state index is 5.81. The van der Waals surface area contributed by atoms with Crippen molar-refractivity contribution in [2.75, 3.05) is 0 Å². The van der Waals surface area contributed by atoms with Gasteiger partial charge in [-0.1, -0.05) is 163 Å². The van der Waals surface area contributed by atoms with Gasteiger partial charge in [0.15, 0.2) is 25.2 Å². The zero-order valence-electron chi connectivity index (χ0n) is 47.6. The number of hydrogen-bond acceptors (Lipinski definition) is 3. The summed E-state index contributed by atoms with van der Waals surface area (Å²) >= 11 is 0. The summed E-state index contributed by atoms with van der Waals surface area (Å²) in [5.41, 5.74) is 4.96. The molecule has 3 nitrogen and oxygen atoms in total. The second kappa shape index (κ2) is 21.9. The lowest BCUT2D eigenvalue weighted by molar-refractivity contribution is 0.181. The van der Waals surface area contributed by atoms with Crippen LogP contribution >= 0.6 is 0 Å². The number of nitrogens with one attached hydrogen (secondary N) is 3. The van der Waals surface area contributed by atoms with Gasteiger partial charge in [-0.25, -0.2) is 0 Å². The van der Waals surface area contributed by atoms with Crippen LogP contribution in [0.15, 0.2) is 0 Å². The maximum absolute atomic E-state index is 5.81. The first-order chi connectivity index (χ1) is 31.0. The predicted molar refractivity (Wildman–Crippen MR) is 297 cm³/mol. The van der Waals surface area contributed by atoms with Crippen molar-refractivity contribution >= 4 is 25.2 Å². The highest BCUT2D eigenvalue weighted by Gasteiger charge is 2.74. The van der Waals surface area contributed by atoms with E-state index in [0.29, 0.717) is 0 Å². The van der Waals surface area contributed by atoms with Crippen LogP contribution in [-0.4, -0.2) is 25.2 Å². The molecular weight excluding hydrogens is 847 g/mol. The first-order valence-corrected chi connectivity index (χ1v) is 36.9. The summed E-state index contributed by atoms with van der Waals surface area (Å²) in [7, 11) is -7.82. The molecule has 0 amide bonds. The van der Waals surface area contributed by atoms with E-state index in [-0.39, 0.29) is 0 Å². The van der Waals surface area contributed by atoms with Crippen LogP contribution in [0.4, 0.5) is 0 Å². The minimum Gasteiger partial charge on any atom is -0.335 e. The van der Waals surface area contributed by atoms with Gasteiger partial charge in [0.05, 0.1) is 0 Å². The molecule has 6 aliphatic carbocycles. The van der Waals surface area contributed by atoms with Crippen molar-refractivity contribution < 1.29 is 0 Å². The molecule has 7 rings (SSSR count). The highest BCUT2D eigenvalue weighted by Crippen LogP contribution is 2.65. The van der Waals surface area contributed by atoms with E-state index in [1.54, 1.807) is 0 Å². The minimum absolute atomic E-state index is 0.753. The fraction of sp³-hybridized carbons (Fsp3) is 1.00. The quantitative estimate of drug-likeness (QED) is 0.171. The second-order valence-electron chi connectivity index (χ2n) is 29.6. The minimum atomic E-state index is -2.61. The molecule has 6 heteroatoms. The van der Waals surface area contributed by atoms with Gasteiger partial charge in [-0.15, -0.1) is 0 Å². The predicted octanol–water partition coefficient (Wildman–Crippen LogP) is 17.9. The standard InChI is InChI=1S/C60H117N3Si3/c1-37(2)49-25-19-43(13)31-55(49)64(56-32-44(14)20-26-50(56)38(3)4)61-65(57-33-45(15)21-27-51(57)39(5)6,58-34-46(16)22-28-52(58)40(7)8)63-66(62-64,59-35-47(17)23-29-53(59)41(9)10)60-36-48(18)24-30-54(60)42(11)12/h37-63H,19-36H2,1-18H3. The molecule has 0 aromatic rings. The summed E-state index contributed by atoms with van der Waals surface area (Å²) in [5, 5.41) is 0. The Kier molecular flexibility index (Phi) is 18.1. The van der Waals surface area contributed by atoms with Gasteiger partial charge < -0.3 is 13.9 Å². The van der Waals surface area contributed by atoms with E-state index < -0.39 is 25.2 Å². The fourth-order valence-electron chi connectivity index (χ4n) is 19.4. The van der Waals surface area contributed by atoms with Crippen molar-refractivity contribution in [1.29, 1.82) is 0 Å². The molecule has 0 spiro atoms. The second-order valence-corrected chi connectivity index (χ2v) is 42.2. The zero-order chi connectivity index (χ0) is 48.2. The molecule has 0 bridgehead atoms. The van der Waals surface area contributed by atoms with Crippen molar-refractivity contribution in [3.8, 4) is 0 Å². The van der Waals surface area contributed by atoms with Gasteiger partial charge in [0.1, 0.15) is 0 Å². The summed E-state index contributed by atoms with van der Waals surface area (Å²) in [6.07, 6.45) is 26.5. The summed E-state index contributed by atoms with van der Waals surface area (Å²) in [4.78, 5) is 0. The maximum Gasteiger partial charge on any atom is 0.197 e. The highest BCUT2D eigenvalue weighted by molar-refractivity contribution is 7.09. The van der Waals surface area contributed by atoms with Gasteiger partial charge >= 0.3 is 0 Å². The Morgan fingerprint density at radius 3 is 0.500 bits per heavy atom. The van der Waals surface area contributed by atoms with Crippen molar-refractivity contribution in [2.24, 2.45) is 107 Å². The van der Waals surface area contributed by atoms with Crippen LogP contribution in [0.3, 0.4) is 0 Å². The van der Waals surface area contributed by atoms with E-state index in [1.165, 1.54) is 116 Å². The fourth-order valence-corrected chi connectivity index (χ4v) is 52.6. The number of hydrogen-bond donors (Lipinski definition) is 3. The van der Waals surface area contributed by atoms with Crippen molar-refractivity contribution in [3.05, 3.63) is 0 Å². The van der Waals surface area contributed by atoms with E-state index in [4.69, 9.17) is 13.9 Å². The van der Waals surface area contributed by atoms with Gasteiger partial charge in [-0.2, -0.15) is 0 Å². The summed E-state index contributed by atoms with van der Waals surface area (Å²) in [6.45, 7) is 48.9. The van der Waals surface area contributed by atoms with E-state index >= 15 is 0 Å². The summed E-state index contributed by atoms with van der Waals surface area (Å²) in [6, 6.07) is 0. The van der Waals surface area contributed by atoms with Crippen LogP contribution in [0.5, 0.6) is 0 Å². The van der Waals surface area contributed by atoms with Crippen molar-refractivity contribution in [3.63, 3.8) is 0 Å². The lowest BCUT2D eigenvalue weighted by Gasteiger charge is -2.72. The Hall–Kier alpha value is 0.531. The molecule has 384 valence electrons. The lowest BCUT2D eigenvalue weighted by Crippen LogP contribution is -2.98. The molecule has 18 atom stereocenters. The van der Waals surface area contributed by atoms with Gasteiger partial charge in [0, 0.05) is 0 Å². The lowest BCUT2D eigenvalue weighted by atomic mass is 9.76. The SMILES string of the molecule is CC1CCC(C(C)C)C([Si]2(C3CC(C)CCC3C(C)C)N[Si](C3CC(C)CCC3C(C)C)(C3CC(C)CCC3C(C)C)N[Si](C3CC(C)CCC3C(C)C)(C3CC(C)CCC3C(C)C)N2)C1. The third-order valence-electron chi connectivity index (χ3n) is 22.9. The molecule has 3 N–H and O–H groups in total. The van der Waals surface area contributed by atoms with E-state index in [2.05, 4.69) is 125 Å². The number of rotatable bonds is 12. The molecule has 6 saturated carbocycles. The molecule has 0 aromatic carbocycles. The third-order valence-corrected chi connectivity index (χ3v) is 43.8. The Morgan fingerprint density at radius 1 is 0.242 bits per heavy atom. The molecule has 7 fully saturated rings. The van der Waals surface area contributed by atoms with Crippen molar-refractivity contribution in [2.45, 2.75) is 273 Å². The molecule has 0 radical (unpaired) electrons. The Labute approximate surface area is 417 Å². The normalized spacial score (nSPS) is 49.1. The average Bonchev–Trinajstić information content (AvgIpc) is 3.25. The van der Waals surface area contributed by atoms with Crippen LogP contribution < -0.4 is 13.9 Å². The van der Waals surface area contributed by atoms with Crippen LogP contribution in [0.1, 0.15) is 240 Å². The van der Waals surface area contributed by atoms with Crippen LogP contribution in [-0.2, 0) is 0 Å². The third kappa shape index (κ3) is 10.6. The average molecular weight is 965 g/mol. The first-order valence-electron chi connectivity index (χ1n) is 30.4. The Balaban J connectivity index is 1.69. The van der Waals surface area contributed by atoms with Crippen LogP contribution in [0.2, 0.25) is 33.2 Å². The van der Waals surface area contributed by atoms with Crippen LogP contribution in [0.25, 0.3) is 0 Å². The van der Waals surface area contributed by atoms with Gasteiger partial charge in [0.25, 0.3) is 0 Å². The van der Waals surface area contributed by atoms with E-state index in [9.17, 15) is 0 Å². The molecule has 0 aromatic heterocycles. The molecule has 1 aliphatic heterocycles. The molecule has 66 heavy (non-hydrogen) atoms. The van der Waals surface area contributed by atoms with Crippen molar-refractivity contribution in [1.82, 2.24) is 13.9 Å². The molecule has 1 saturated heterocycles. The topological polar surface area (TPSA) is 36.1 Å². The van der Waals surface area contributed by atoms with Crippen LogP contribution in [0, 0.1) is 107 Å². The smallest absolute Gasteiger partial charge is 0.197 e. The molecule has 18 unspecified atom stereocenters. The monoisotopic (exact) mass is 964 g/mol. The van der Waals surface area contributed by atoms with Gasteiger partial charge in [-0.3, -0.25) is 0 Å². The largest absolute Gasteiger partial charge is 0.335 e.